The molecule has 2 aromatic carbocycles. The summed E-state index contributed by atoms with van der Waals surface area (Å²) >= 11 is 6.39. The van der Waals surface area contributed by atoms with Crippen LogP contribution in [-0.4, -0.2) is 13.7 Å². The third-order valence-electron chi connectivity index (χ3n) is 3.19. The van der Waals surface area contributed by atoms with Crippen molar-refractivity contribution in [3.05, 3.63) is 58.6 Å². The lowest BCUT2D eigenvalue weighted by atomic mass is 10.1. The van der Waals surface area contributed by atoms with E-state index in [9.17, 15) is 0 Å². The zero-order valence-electron chi connectivity index (χ0n) is 11.9. The molecule has 4 nitrogen and oxygen atoms in total. The monoisotopic (exact) mass is 306 g/mol. The van der Waals surface area contributed by atoms with Crippen molar-refractivity contribution in [3.8, 4) is 11.5 Å². The number of hydrogen-bond donors (Lipinski definition) is 2. The first-order valence-electron chi connectivity index (χ1n) is 6.66. The van der Waals surface area contributed by atoms with Gasteiger partial charge >= 0.3 is 0 Å². The minimum absolute atomic E-state index is 0.310. The minimum atomic E-state index is -0.331. The molecule has 0 aromatic heterocycles. The molecule has 0 radical (unpaired) electrons. The molecule has 0 bridgehead atoms. The topological polar surface area (TPSA) is 70.5 Å². The number of benzene rings is 2. The van der Waals surface area contributed by atoms with Crippen LogP contribution in [0.15, 0.2) is 42.5 Å². The highest BCUT2D eigenvalue weighted by Gasteiger charge is 2.17. The van der Waals surface area contributed by atoms with E-state index < -0.39 is 0 Å². The smallest absolute Gasteiger partial charge is 0.180 e. The molecule has 5 heteroatoms. The van der Waals surface area contributed by atoms with Gasteiger partial charge in [0.2, 0.25) is 0 Å². The van der Waals surface area contributed by atoms with E-state index in [4.69, 9.17) is 32.5 Å². The van der Waals surface area contributed by atoms with Crippen LogP contribution in [0.2, 0.25) is 5.02 Å². The molecule has 0 fully saturated rings. The molecule has 0 aliphatic rings. The van der Waals surface area contributed by atoms with Gasteiger partial charge in [-0.3, -0.25) is 0 Å². The highest BCUT2D eigenvalue weighted by molar-refractivity contribution is 6.33. The molecular formula is C16H19ClN2O2. The van der Waals surface area contributed by atoms with E-state index in [0.717, 1.165) is 11.1 Å². The Balaban J connectivity index is 2.27. The summed E-state index contributed by atoms with van der Waals surface area (Å²) in [6, 6.07) is 13.1. The van der Waals surface area contributed by atoms with Crippen LogP contribution < -0.4 is 20.9 Å². The molecule has 0 heterocycles. The van der Waals surface area contributed by atoms with E-state index in [1.807, 2.05) is 36.4 Å². The molecule has 1 unspecified atom stereocenters. The number of ether oxygens (including phenoxy) is 2. The second-order valence-electron chi connectivity index (χ2n) is 4.62. The molecule has 0 saturated heterocycles. The quantitative estimate of drug-likeness (QED) is 0.861. The van der Waals surface area contributed by atoms with Crippen molar-refractivity contribution in [2.24, 2.45) is 11.5 Å². The van der Waals surface area contributed by atoms with E-state index in [2.05, 4.69) is 0 Å². The van der Waals surface area contributed by atoms with Gasteiger partial charge in [-0.25, -0.2) is 0 Å². The van der Waals surface area contributed by atoms with E-state index in [1.165, 1.54) is 0 Å². The maximum absolute atomic E-state index is 6.39. The van der Waals surface area contributed by atoms with Crippen LogP contribution in [0.3, 0.4) is 0 Å². The number of rotatable bonds is 6. The second kappa shape index (κ2) is 7.31. The van der Waals surface area contributed by atoms with Crippen LogP contribution in [-0.2, 0) is 6.61 Å². The predicted octanol–water partition coefficient (Wildman–Crippen LogP) is 2.89. The van der Waals surface area contributed by atoms with Crippen molar-refractivity contribution in [2.75, 3.05) is 13.7 Å². The van der Waals surface area contributed by atoms with Crippen LogP contribution in [0.5, 0.6) is 11.5 Å². The van der Waals surface area contributed by atoms with Crippen molar-refractivity contribution in [1.82, 2.24) is 0 Å². The van der Waals surface area contributed by atoms with E-state index in [1.54, 1.807) is 13.2 Å². The van der Waals surface area contributed by atoms with Gasteiger partial charge in [0, 0.05) is 12.6 Å². The number of methoxy groups -OCH3 is 1. The van der Waals surface area contributed by atoms with Gasteiger partial charge in [0.1, 0.15) is 6.61 Å². The molecule has 112 valence electrons. The fourth-order valence-electron chi connectivity index (χ4n) is 1.99. The van der Waals surface area contributed by atoms with Crippen LogP contribution in [0.25, 0.3) is 0 Å². The maximum Gasteiger partial charge on any atom is 0.180 e. The summed E-state index contributed by atoms with van der Waals surface area (Å²) in [4.78, 5) is 0. The molecule has 4 N–H and O–H groups in total. The molecule has 0 saturated carbocycles. The highest BCUT2D eigenvalue weighted by Crippen LogP contribution is 2.39. The first-order chi connectivity index (χ1) is 10.2. The maximum atomic E-state index is 6.39. The van der Waals surface area contributed by atoms with Gasteiger partial charge in [0.15, 0.2) is 11.5 Å². The van der Waals surface area contributed by atoms with Gasteiger partial charge in [0.25, 0.3) is 0 Å². The third kappa shape index (κ3) is 3.67. The molecule has 21 heavy (non-hydrogen) atoms. The lowest BCUT2D eigenvalue weighted by Crippen LogP contribution is -2.21. The minimum Gasteiger partial charge on any atom is -0.493 e. The van der Waals surface area contributed by atoms with Crippen molar-refractivity contribution in [1.29, 1.82) is 0 Å². The first kappa shape index (κ1) is 15.6. The number of halogens is 1. The summed E-state index contributed by atoms with van der Waals surface area (Å²) in [6.45, 7) is 0.711. The average Bonchev–Trinajstić information content (AvgIpc) is 2.53. The lowest BCUT2D eigenvalue weighted by Gasteiger charge is -2.17. The molecule has 0 spiro atoms. The normalized spacial score (nSPS) is 12.0. The molecule has 0 aliphatic carbocycles. The van der Waals surface area contributed by atoms with Gasteiger partial charge < -0.3 is 20.9 Å². The Kier molecular flexibility index (Phi) is 5.44. The van der Waals surface area contributed by atoms with E-state index in [0.29, 0.717) is 29.7 Å². The van der Waals surface area contributed by atoms with Gasteiger partial charge in [-0.15, -0.1) is 0 Å². The molecule has 2 aromatic rings. The molecule has 1 atom stereocenters. The lowest BCUT2D eigenvalue weighted by molar-refractivity contribution is 0.284. The largest absolute Gasteiger partial charge is 0.493 e. The van der Waals surface area contributed by atoms with Crippen molar-refractivity contribution in [2.45, 2.75) is 12.6 Å². The van der Waals surface area contributed by atoms with Gasteiger partial charge in [-0.2, -0.15) is 0 Å². The molecule has 2 rings (SSSR count). The molecule has 0 amide bonds. The third-order valence-corrected chi connectivity index (χ3v) is 3.58. The first-order valence-corrected chi connectivity index (χ1v) is 7.04. The van der Waals surface area contributed by atoms with Gasteiger partial charge in [-0.1, -0.05) is 48.0 Å². The summed E-state index contributed by atoms with van der Waals surface area (Å²) < 4.78 is 11.1. The van der Waals surface area contributed by atoms with Gasteiger partial charge in [0.05, 0.1) is 12.1 Å². The Labute approximate surface area is 129 Å². The summed E-state index contributed by atoms with van der Waals surface area (Å²) in [5.74, 6) is 1.06. The van der Waals surface area contributed by atoms with Crippen LogP contribution in [0.4, 0.5) is 0 Å². The molecule has 0 aliphatic heterocycles. The van der Waals surface area contributed by atoms with Crippen molar-refractivity contribution in [3.63, 3.8) is 0 Å². The number of hydrogen-bond acceptors (Lipinski definition) is 4. The fourth-order valence-corrected chi connectivity index (χ4v) is 2.34. The van der Waals surface area contributed by atoms with Crippen molar-refractivity contribution >= 4 is 11.6 Å². The van der Waals surface area contributed by atoms with E-state index in [-0.39, 0.29) is 6.04 Å². The second-order valence-corrected chi connectivity index (χ2v) is 4.99. The zero-order chi connectivity index (χ0) is 15.2. The van der Waals surface area contributed by atoms with Crippen molar-refractivity contribution < 1.29 is 9.47 Å². The predicted molar refractivity (Wildman–Crippen MR) is 84.8 cm³/mol. The van der Waals surface area contributed by atoms with E-state index >= 15 is 0 Å². The van der Waals surface area contributed by atoms with Crippen LogP contribution in [0, 0.1) is 0 Å². The number of nitrogens with two attached hydrogens (primary N) is 2. The van der Waals surface area contributed by atoms with Gasteiger partial charge in [-0.05, 0) is 17.2 Å². The summed E-state index contributed by atoms with van der Waals surface area (Å²) in [6.07, 6.45) is 0. The fraction of sp³-hybridized carbons (Fsp3) is 0.250. The standard InChI is InChI=1S/C16H19ClN2O2/c1-20-14-8-7-12(13(19)9-18)15(17)16(14)21-10-11-5-3-2-4-6-11/h2-8,13H,9-10,18-19H2,1H3. The molecular weight excluding hydrogens is 288 g/mol. The average molecular weight is 307 g/mol. The zero-order valence-corrected chi connectivity index (χ0v) is 12.6. The Morgan fingerprint density at radius 2 is 1.86 bits per heavy atom. The Hall–Kier alpha value is -1.75. The Morgan fingerprint density at radius 3 is 2.48 bits per heavy atom. The van der Waals surface area contributed by atoms with Crippen LogP contribution in [0.1, 0.15) is 17.2 Å². The summed E-state index contributed by atoms with van der Waals surface area (Å²) in [7, 11) is 1.57. The summed E-state index contributed by atoms with van der Waals surface area (Å²) in [5.41, 5.74) is 13.4. The van der Waals surface area contributed by atoms with Crippen LogP contribution >= 0.6 is 11.6 Å². The highest BCUT2D eigenvalue weighted by atomic mass is 35.5. The Bertz CT molecular complexity index is 590. The summed E-state index contributed by atoms with van der Waals surface area (Å²) in [5, 5.41) is 0.447. The Morgan fingerprint density at radius 1 is 1.14 bits per heavy atom. The SMILES string of the molecule is COc1ccc(C(N)CN)c(Cl)c1OCc1ccccc1.